The Bertz CT molecular complexity index is 840. The van der Waals surface area contributed by atoms with Gasteiger partial charge in [0.25, 0.3) is 0 Å². The van der Waals surface area contributed by atoms with E-state index in [4.69, 9.17) is 11.6 Å². The van der Waals surface area contributed by atoms with E-state index in [1.165, 1.54) is 5.56 Å². The molecule has 1 aromatic heterocycles. The molecule has 0 aliphatic carbocycles. The molecule has 2 heterocycles. The average Bonchev–Trinajstić information content (AvgIpc) is 2.87. The number of benzene rings is 1. The van der Waals surface area contributed by atoms with Crippen LogP contribution in [0.1, 0.15) is 17.7 Å². The quantitative estimate of drug-likeness (QED) is 0.801. The van der Waals surface area contributed by atoms with Crippen molar-refractivity contribution in [1.29, 1.82) is 0 Å². The van der Waals surface area contributed by atoms with Crippen molar-refractivity contribution >= 4 is 33.2 Å². The predicted octanol–water partition coefficient (Wildman–Crippen LogP) is 2.69. The van der Waals surface area contributed by atoms with Crippen LogP contribution in [0.4, 0.5) is 11.8 Å². The SMILES string of the molecule is Cc1cc(NCCc2ccc(Cl)cc2)nc(NC2CCS(=O)(=O)C2)n1. The van der Waals surface area contributed by atoms with Gasteiger partial charge in [-0.3, -0.25) is 0 Å². The molecule has 0 radical (unpaired) electrons. The second-order valence-corrected chi connectivity index (χ2v) is 8.93. The van der Waals surface area contributed by atoms with Crippen molar-refractivity contribution in [3.05, 3.63) is 46.6 Å². The Labute approximate surface area is 153 Å². The van der Waals surface area contributed by atoms with E-state index in [2.05, 4.69) is 20.6 Å². The lowest BCUT2D eigenvalue weighted by Crippen LogP contribution is -2.22. The summed E-state index contributed by atoms with van der Waals surface area (Å²) in [4.78, 5) is 8.79. The summed E-state index contributed by atoms with van der Waals surface area (Å²) >= 11 is 5.89. The monoisotopic (exact) mass is 380 g/mol. The van der Waals surface area contributed by atoms with Crippen LogP contribution in [-0.2, 0) is 16.3 Å². The third-order valence-electron chi connectivity index (χ3n) is 4.05. The summed E-state index contributed by atoms with van der Waals surface area (Å²) in [6.07, 6.45) is 1.45. The van der Waals surface area contributed by atoms with E-state index in [9.17, 15) is 8.42 Å². The van der Waals surface area contributed by atoms with Gasteiger partial charge in [0.2, 0.25) is 5.95 Å². The highest BCUT2D eigenvalue weighted by Gasteiger charge is 2.28. The van der Waals surface area contributed by atoms with Gasteiger partial charge in [0.1, 0.15) is 5.82 Å². The van der Waals surface area contributed by atoms with Crippen LogP contribution in [0, 0.1) is 6.92 Å². The number of aromatic nitrogens is 2. The summed E-state index contributed by atoms with van der Waals surface area (Å²) in [5.74, 6) is 1.56. The second-order valence-electron chi connectivity index (χ2n) is 6.27. The van der Waals surface area contributed by atoms with Crippen LogP contribution in [-0.4, -0.2) is 42.5 Å². The molecule has 1 fully saturated rings. The molecule has 1 atom stereocenters. The fourth-order valence-electron chi connectivity index (χ4n) is 2.80. The first-order valence-corrected chi connectivity index (χ1v) is 10.4. The summed E-state index contributed by atoms with van der Waals surface area (Å²) in [6, 6.07) is 9.52. The number of nitrogens with zero attached hydrogens (tertiary/aromatic N) is 2. The van der Waals surface area contributed by atoms with Crippen molar-refractivity contribution in [3.63, 3.8) is 0 Å². The third-order valence-corrected chi connectivity index (χ3v) is 6.07. The van der Waals surface area contributed by atoms with E-state index in [0.717, 1.165) is 29.5 Å². The van der Waals surface area contributed by atoms with Crippen LogP contribution in [0.3, 0.4) is 0 Å². The lowest BCUT2D eigenvalue weighted by atomic mass is 10.1. The second kappa shape index (κ2) is 7.58. The molecule has 0 bridgehead atoms. The topological polar surface area (TPSA) is 84.0 Å². The van der Waals surface area contributed by atoms with Crippen LogP contribution in [0.2, 0.25) is 5.02 Å². The zero-order chi connectivity index (χ0) is 17.9. The number of nitrogens with one attached hydrogen (secondary N) is 2. The molecular formula is C17H21ClN4O2S. The number of aryl methyl sites for hydroxylation is 1. The van der Waals surface area contributed by atoms with Gasteiger partial charge in [0, 0.05) is 29.4 Å². The van der Waals surface area contributed by atoms with Gasteiger partial charge in [-0.15, -0.1) is 0 Å². The number of halogens is 1. The number of sulfone groups is 1. The molecule has 0 saturated carbocycles. The van der Waals surface area contributed by atoms with Crippen molar-refractivity contribution in [2.45, 2.75) is 25.8 Å². The molecule has 2 aromatic rings. The highest BCUT2D eigenvalue weighted by molar-refractivity contribution is 7.91. The smallest absolute Gasteiger partial charge is 0.225 e. The Hall–Kier alpha value is -1.86. The van der Waals surface area contributed by atoms with Gasteiger partial charge in [-0.2, -0.15) is 4.98 Å². The van der Waals surface area contributed by atoms with Crippen LogP contribution in [0.15, 0.2) is 30.3 Å². The van der Waals surface area contributed by atoms with E-state index in [1.54, 1.807) is 0 Å². The number of hydrogen-bond acceptors (Lipinski definition) is 6. The molecule has 0 spiro atoms. The third kappa shape index (κ3) is 5.31. The maximum absolute atomic E-state index is 11.6. The van der Waals surface area contributed by atoms with Gasteiger partial charge in [-0.25, -0.2) is 13.4 Å². The maximum atomic E-state index is 11.6. The van der Waals surface area contributed by atoms with Crippen molar-refractivity contribution in [2.75, 3.05) is 28.7 Å². The lowest BCUT2D eigenvalue weighted by molar-refractivity contribution is 0.602. The first-order valence-electron chi connectivity index (χ1n) is 8.21. The van der Waals surface area contributed by atoms with Gasteiger partial charge in [0.15, 0.2) is 9.84 Å². The van der Waals surface area contributed by atoms with Crippen molar-refractivity contribution < 1.29 is 8.42 Å². The van der Waals surface area contributed by atoms with Crippen molar-refractivity contribution in [1.82, 2.24) is 9.97 Å². The Morgan fingerprint density at radius 2 is 2.00 bits per heavy atom. The zero-order valence-corrected chi connectivity index (χ0v) is 15.6. The number of hydrogen-bond donors (Lipinski definition) is 2. The first-order chi connectivity index (χ1) is 11.9. The molecule has 1 saturated heterocycles. The van der Waals surface area contributed by atoms with E-state index >= 15 is 0 Å². The van der Waals surface area contributed by atoms with E-state index < -0.39 is 9.84 Å². The molecule has 134 valence electrons. The van der Waals surface area contributed by atoms with Gasteiger partial charge < -0.3 is 10.6 Å². The van der Waals surface area contributed by atoms with E-state index in [0.29, 0.717) is 12.4 Å². The van der Waals surface area contributed by atoms with Gasteiger partial charge >= 0.3 is 0 Å². The van der Waals surface area contributed by atoms with Crippen molar-refractivity contribution in [3.8, 4) is 0 Å². The van der Waals surface area contributed by atoms with Crippen LogP contribution < -0.4 is 10.6 Å². The summed E-state index contributed by atoms with van der Waals surface area (Å²) < 4.78 is 23.1. The van der Waals surface area contributed by atoms with Crippen LogP contribution in [0.25, 0.3) is 0 Å². The Kier molecular flexibility index (Phi) is 5.44. The summed E-state index contributed by atoms with van der Waals surface area (Å²) in [5.41, 5.74) is 2.02. The normalized spacial score (nSPS) is 18.9. The molecule has 25 heavy (non-hydrogen) atoms. The molecular weight excluding hydrogens is 360 g/mol. The highest BCUT2D eigenvalue weighted by Crippen LogP contribution is 2.17. The molecule has 0 amide bonds. The summed E-state index contributed by atoms with van der Waals surface area (Å²) in [5, 5.41) is 7.15. The Morgan fingerprint density at radius 1 is 1.24 bits per heavy atom. The fourth-order valence-corrected chi connectivity index (χ4v) is 4.60. The van der Waals surface area contributed by atoms with Gasteiger partial charge in [0.05, 0.1) is 11.5 Å². The average molecular weight is 381 g/mol. The minimum absolute atomic E-state index is 0.117. The summed E-state index contributed by atoms with van der Waals surface area (Å²) in [7, 11) is -2.93. The largest absolute Gasteiger partial charge is 0.370 e. The molecule has 1 aromatic carbocycles. The maximum Gasteiger partial charge on any atom is 0.225 e. The zero-order valence-electron chi connectivity index (χ0n) is 14.0. The fraction of sp³-hybridized carbons (Fsp3) is 0.412. The lowest BCUT2D eigenvalue weighted by Gasteiger charge is -2.13. The molecule has 3 rings (SSSR count). The van der Waals surface area contributed by atoms with E-state index in [-0.39, 0.29) is 17.5 Å². The molecule has 6 nitrogen and oxygen atoms in total. The number of rotatable bonds is 6. The molecule has 2 N–H and O–H groups in total. The highest BCUT2D eigenvalue weighted by atomic mass is 35.5. The van der Waals surface area contributed by atoms with Gasteiger partial charge in [-0.1, -0.05) is 23.7 Å². The molecule has 1 unspecified atom stereocenters. The Morgan fingerprint density at radius 3 is 2.68 bits per heavy atom. The molecule has 1 aliphatic heterocycles. The van der Waals surface area contributed by atoms with Gasteiger partial charge in [-0.05, 0) is 37.5 Å². The Balaban J connectivity index is 1.58. The van der Waals surface area contributed by atoms with E-state index in [1.807, 2.05) is 37.3 Å². The standard InChI is InChI=1S/C17H21ClN4O2S/c1-12-10-16(19-8-6-13-2-4-14(18)5-3-13)22-17(20-12)21-15-7-9-25(23,24)11-15/h2-5,10,15H,6-9,11H2,1H3,(H2,19,20,21,22). The minimum Gasteiger partial charge on any atom is -0.370 e. The summed E-state index contributed by atoms with van der Waals surface area (Å²) in [6.45, 7) is 2.62. The minimum atomic E-state index is -2.93. The predicted molar refractivity (Wildman–Crippen MR) is 101 cm³/mol. The molecule has 8 heteroatoms. The number of anilines is 2. The molecule has 1 aliphatic rings. The van der Waals surface area contributed by atoms with Crippen LogP contribution in [0.5, 0.6) is 0 Å². The van der Waals surface area contributed by atoms with Crippen LogP contribution >= 0.6 is 11.6 Å². The van der Waals surface area contributed by atoms with Crippen molar-refractivity contribution in [2.24, 2.45) is 0 Å². The first kappa shape index (κ1) is 17.9.